The van der Waals surface area contributed by atoms with Gasteiger partial charge in [0.2, 0.25) is 21.8 Å². The molecule has 0 aromatic heterocycles. The normalized spacial score (nSPS) is 12.3. The lowest BCUT2D eigenvalue weighted by molar-refractivity contribution is -0.115. The third-order valence-corrected chi connectivity index (χ3v) is 6.52. The summed E-state index contributed by atoms with van der Waals surface area (Å²) in [5, 5.41) is 10.2. The lowest BCUT2D eigenvalue weighted by atomic mass is 10.2. The van der Waals surface area contributed by atoms with Crippen LogP contribution in [0.2, 0.25) is 0 Å². The summed E-state index contributed by atoms with van der Waals surface area (Å²) in [6.45, 7) is 1.77. The molecule has 0 radical (unpaired) electrons. The topological polar surface area (TPSA) is 118 Å². The lowest BCUT2D eigenvalue weighted by Crippen LogP contribution is -2.22. The van der Waals surface area contributed by atoms with E-state index in [1.54, 1.807) is 25.1 Å². The van der Waals surface area contributed by atoms with Crippen LogP contribution in [-0.2, 0) is 19.6 Å². The molecule has 0 aliphatic rings. The van der Waals surface area contributed by atoms with Gasteiger partial charge < -0.3 is 10.6 Å². The average molecular weight is 482 g/mol. The Morgan fingerprint density at radius 2 is 1.45 bits per heavy atom. The molecule has 33 heavy (non-hydrogen) atoms. The van der Waals surface area contributed by atoms with Crippen molar-refractivity contribution in [3.63, 3.8) is 0 Å². The Morgan fingerprint density at radius 3 is 2.06 bits per heavy atom. The maximum atomic E-state index is 12.5. The van der Waals surface area contributed by atoms with Gasteiger partial charge in [-0.15, -0.1) is 11.8 Å². The fraction of sp³-hybridized carbons (Fsp3) is 0.0833. The molecule has 7 nitrogen and oxygen atoms in total. The number of amides is 2. The highest BCUT2D eigenvalue weighted by Gasteiger charge is 2.15. The third-order valence-electron chi connectivity index (χ3n) is 4.48. The van der Waals surface area contributed by atoms with Crippen LogP contribution in [0.25, 0.3) is 6.08 Å². The van der Waals surface area contributed by atoms with Gasteiger partial charge in [-0.05, 0) is 67.1 Å². The van der Waals surface area contributed by atoms with Gasteiger partial charge in [-0.2, -0.15) is 0 Å². The van der Waals surface area contributed by atoms with Crippen LogP contribution in [0.5, 0.6) is 0 Å². The number of sulfonamides is 1. The minimum atomic E-state index is -3.78. The van der Waals surface area contributed by atoms with Crippen molar-refractivity contribution in [1.29, 1.82) is 0 Å². The highest BCUT2D eigenvalue weighted by molar-refractivity contribution is 8.00. The summed E-state index contributed by atoms with van der Waals surface area (Å²) in [6, 6.07) is 22.4. The zero-order chi connectivity index (χ0) is 23.8. The lowest BCUT2D eigenvalue weighted by Gasteiger charge is -2.13. The van der Waals surface area contributed by atoms with E-state index in [2.05, 4.69) is 10.6 Å². The number of hydrogen-bond acceptors (Lipinski definition) is 5. The average Bonchev–Trinajstić information content (AvgIpc) is 2.79. The quantitative estimate of drug-likeness (QED) is 0.331. The van der Waals surface area contributed by atoms with E-state index in [1.165, 1.54) is 42.1 Å². The fourth-order valence-corrected chi connectivity index (χ4v) is 4.15. The molecular formula is C24H23N3O4S2. The van der Waals surface area contributed by atoms with Crippen molar-refractivity contribution < 1.29 is 18.0 Å². The van der Waals surface area contributed by atoms with E-state index in [0.29, 0.717) is 11.4 Å². The Morgan fingerprint density at radius 1 is 0.879 bits per heavy atom. The molecule has 170 valence electrons. The van der Waals surface area contributed by atoms with E-state index < -0.39 is 15.3 Å². The molecular weight excluding hydrogens is 458 g/mol. The maximum Gasteiger partial charge on any atom is 0.248 e. The van der Waals surface area contributed by atoms with Crippen molar-refractivity contribution >= 4 is 51.1 Å². The van der Waals surface area contributed by atoms with E-state index in [9.17, 15) is 18.0 Å². The van der Waals surface area contributed by atoms with E-state index in [-0.39, 0.29) is 16.7 Å². The Hall–Kier alpha value is -3.40. The molecule has 9 heteroatoms. The van der Waals surface area contributed by atoms with Crippen LogP contribution in [0, 0.1) is 0 Å². The molecule has 0 aliphatic carbocycles. The summed E-state index contributed by atoms with van der Waals surface area (Å²) in [5.41, 5.74) is 2.06. The zero-order valence-electron chi connectivity index (χ0n) is 17.8. The van der Waals surface area contributed by atoms with Crippen LogP contribution in [0.4, 0.5) is 11.4 Å². The second-order valence-electron chi connectivity index (χ2n) is 7.08. The van der Waals surface area contributed by atoms with Crippen LogP contribution in [0.3, 0.4) is 0 Å². The smallest absolute Gasteiger partial charge is 0.248 e. The Labute approximate surface area is 197 Å². The number of carbonyl (C=O) groups excluding carboxylic acids is 2. The number of anilines is 2. The first-order valence-electron chi connectivity index (χ1n) is 9.95. The van der Waals surface area contributed by atoms with Gasteiger partial charge in [0.05, 0.1) is 10.1 Å². The van der Waals surface area contributed by atoms with E-state index in [0.717, 1.165) is 10.5 Å². The third kappa shape index (κ3) is 7.60. The Bertz CT molecular complexity index is 1240. The molecule has 3 rings (SSSR count). The van der Waals surface area contributed by atoms with Crippen molar-refractivity contribution in [2.24, 2.45) is 5.14 Å². The van der Waals surface area contributed by atoms with Crippen molar-refractivity contribution in [2.45, 2.75) is 22.0 Å². The highest BCUT2D eigenvalue weighted by Crippen LogP contribution is 2.26. The summed E-state index contributed by atoms with van der Waals surface area (Å²) in [6.07, 6.45) is 3.21. The van der Waals surface area contributed by atoms with Gasteiger partial charge in [0, 0.05) is 22.3 Å². The van der Waals surface area contributed by atoms with Crippen molar-refractivity contribution in [3.8, 4) is 0 Å². The van der Waals surface area contributed by atoms with Crippen LogP contribution in [0.15, 0.2) is 94.7 Å². The van der Waals surface area contributed by atoms with Gasteiger partial charge in [-0.1, -0.05) is 30.3 Å². The number of primary sulfonamides is 1. The van der Waals surface area contributed by atoms with Crippen LogP contribution >= 0.6 is 11.8 Å². The van der Waals surface area contributed by atoms with Crippen molar-refractivity contribution in [2.75, 3.05) is 10.6 Å². The predicted molar refractivity (Wildman–Crippen MR) is 132 cm³/mol. The molecule has 0 bridgehead atoms. The Balaban J connectivity index is 1.51. The van der Waals surface area contributed by atoms with Gasteiger partial charge in [-0.25, -0.2) is 13.6 Å². The summed E-state index contributed by atoms with van der Waals surface area (Å²) < 4.78 is 22.6. The predicted octanol–water partition coefficient (Wildman–Crippen LogP) is 4.11. The number of carbonyl (C=O) groups is 2. The highest BCUT2D eigenvalue weighted by atomic mass is 32.2. The van der Waals surface area contributed by atoms with Crippen molar-refractivity contribution in [3.05, 3.63) is 90.5 Å². The second-order valence-corrected chi connectivity index (χ2v) is 10.1. The van der Waals surface area contributed by atoms with Crippen LogP contribution in [-0.4, -0.2) is 25.5 Å². The number of thioether (sulfide) groups is 1. The second kappa shape index (κ2) is 11.0. The minimum absolute atomic E-state index is 0.0225. The summed E-state index contributed by atoms with van der Waals surface area (Å²) in [4.78, 5) is 25.4. The molecule has 3 aromatic rings. The number of benzene rings is 3. The molecule has 0 heterocycles. The summed E-state index contributed by atoms with van der Waals surface area (Å²) >= 11 is 1.36. The number of hydrogen-bond donors (Lipinski definition) is 3. The van der Waals surface area contributed by atoms with Gasteiger partial charge in [0.15, 0.2) is 0 Å². The zero-order valence-corrected chi connectivity index (χ0v) is 19.4. The molecule has 1 atom stereocenters. The molecule has 0 saturated heterocycles. The number of rotatable bonds is 8. The van der Waals surface area contributed by atoms with E-state index >= 15 is 0 Å². The summed E-state index contributed by atoms with van der Waals surface area (Å²) in [5.74, 6) is -0.466. The van der Waals surface area contributed by atoms with Gasteiger partial charge >= 0.3 is 0 Å². The molecule has 1 unspecified atom stereocenters. The molecule has 3 aromatic carbocycles. The minimum Gasteiger partial charge on any atom is -0.325 e. The van der Waals surface area contributed by atoms with E-state index in [1.807, 2.05) is 42.5 Å². The first-order valence-corrected chi connectivity index (χ1v) is 12.4. The standard InChI is InChI=1S/C24H23N3O4S2/c1-17(24(29)27-20-10-14-22(15-11-20)33(25,30)31)32-21-12-8-19(9-13-21)26-23(28)16-7-18-5-3-2-4-6-18/h2-17H,1H3,(H,26,28)(H,27,29)(H2,25,30,31)/b16-7+. The van der Waals surface area contributed by atoms with Crippen LogP contribution < -0.4 is 15.8 Å². The molecule has 2 amide bonds. The van der Waals surface area contributed by atoms with E-state index in [4.69, 9.17) is 5.14 Å². The van der Waals surface area contributed by atoms with Crippen LogP contribution in [0.1, 0.15) is 12.5 Å². The monoisotopic (exact) mass is 481 g/mol. The first-order chi connectivity index (χ1) is 15.7. The molecule has 4 N–H and O–H groups in total. The SMILES string of the molecule is CC(Sc1ccc(NC(=O)/C=C/c2ccccc2)cc1)C(=O)Nc1ccc(S(N)(=O)=O)cc1. The molecule has 0 saturated carbocycles. The maximum absolute atomic E-state index is 12.5. The van der Waals surface area contributed by atoms with Gasteiger partial charge in [0.25, 0.3) is 0 Å². The number of nitrogens with one attached hydrogen (secondary N) is 2. The molecule has 0 aliphatic heterocycles. The van der Waals surface area contributed by atoms with Crippen molar-refractivity contribution in [1.82, 2.24) is 0 Å². The fourth-order valence-electron chi connectivity index (χ4n) is 2.77. The summed E-state index contributed by atoms with van der Waals surface area (Å²) in [7, 11) is -3.78. The first kappa shape index (κ1) is 24.2. The largest absolute Gasteiger partial charge is 0.325 e. The number of nitrogens with two attached hydrogens (primary N) is 1. The Kier molecular flexibility index (Phi) is 8.05. The van der Waals surface area contributed by atoms with Gasteiger partial charge in [-0.3, -0.25) is 9.59 Å². The molecule has 0 fully saturated rings. The van der Waals surface area contributed by atoms with Gasteiger partial charge in [0.1, 0.15) is 0 Å². The molecule has 0 spiro atoms.